The standard InChI is InChI=1S/C26H16Cl2N4O3S/c27-21-9-5-4-8-18(21)19-13-23(16-6-2-1-3-7-16)31-26(20(19)14-29)36-15-25(33)30-17-10-11-22(28)24(12-17)32(34)35/h1-13H,15H2,(H,30,33). The monoisotopic (exact) mass is 534 g/mol. The third-order valence-corrected chi connectivity index (χ3v) is 6.72. The number of nitrogens with one attached hydrogen (secondary N) is 1. The zero-order valence-electron chi connectivity index (χ0n) is 18.4. The van der Waals surface area contributed by atoms with E-state index in [1.807, 2.05) is 48.5 Å². The van der Waals surface area contributed by atoms with Crippen molar-refractivity contribution in [3.05, 3.63) is 105 Å². The minimum Gasteiger partial charge on any atom is -0.325 e. The van der Waals surface area contributed by atoms with E-state index in [1.54, 1.807) is 12.1 Å². The molecule has 1 N–H and O–H groups in total. The summed E-state index contributed by atoms with van der Waals surface area (Å²) in [5, 5.41) is 24.6. The molecule has 0 spiro atoms. The lowest BCUT2D eigenvalue weighted by molar-refractivity contribution is -0.384. The second kappa shape index (κ2) is 11.2. The highest BCUT2D eigenvalue weighted by molar-refractivity contribution is 8.00. The molecular formula is C26H16Cl2N4O3S. The Kier molecular flexibility index (Phi) is 7.86. The number of nitrogens with zero attached hydrogens (tertiary/aromatic N) is 3. The number of nitro groups is 1. The van der Waals surface area contributed by atoms with Gasteiger partial charge in [-0.25, -0.2) is 4.98 Å². The zero-order chi connectivity index (χ0) is 25.7. The fourth-order valence-corrected chi connectivity index (χ4v) is 4.67. The third kappa shape index (κ3) is 5.66. The van der Waals surface area contributed by atoms with Crippen LogP contribution in [-0.4, -0.2) is 21.6 Å². The van der Waals surface area contributed by atoms with Crippen molar-refractivity contribution >= 4 is 52.2 Å². The Balaban J connectivity index is 1.67. The number of halogens is 2. The molecule has 3 aromatic carbocycles. The van der Waals surface area contributed by atoms with E-state index in [0.717, 1.165) is 17.3 Å². The molecule has 0 radical (unpaired) electrons. The molecule has 0 fully saturated rings. The fraction of sp³-hybridized carbons (Fsp3) is 0.0385. The lowest BCUT2D eigenvalue weighted by Gasteiger charge is -2.13. The van der Waals surface area contributed by atoms with Crippen LogP contribution < -0.4 is 5.32 Å². The number of aromatic nitrogens is 1. The van der Waals surface area contributed by atoms with Gasteiger partial charge in [0, 0.05) is 33.5 Å². The Hall–Kier alpha value is -3.90. The Labute approximate surface area is 220 Å². The van der Waals surface area contributed by atoms with Crippen LogP contribution in [0.5, 0.6) is 0 Å². The lowest BCUT2D eigenvalue weighted by atomic mass is 9.99. The average Bonchev–Trinajstić information content (AvgIpc) is 2.88. The Morgan fingerprint density at radius 1 is 1.00 bits per heavy atom. The first kappa shape index (κ1) is 25.2. The maximum Gasteiger partial charge on any atom is 0.289 e. The molecule has 1 amide bonds. The van der Waals surface area contributed by atoms with Gasteiger partial charge in [-0.2, -0.15) is 5.26 Å². The van der Waals surface area contributed by atoms with Crippen molar-refractivity contribution in [3.8, 4) is 28.5 Å². The summed E-state index contributed by atoms with van der Waals surface area (Å²) in [7, 11) is 0. The number of nitriles is 1. The summed E-state index contributed by atoms with van der Waals surface area (Å²) in [5.74, 6) is -0.509. The lowest BCUT2D eigenvalue weighted by Crippen LogP contribution is -2.14. The number of nitro benzene ring substituents is 1. The van der Waals surface area contributed by atoms with Crippen molar-refractivity contribution in [2.45, 2.75) is 5.03 Å². The smallest absolute Gasteiger partial charge is 0.289 e. The summed E-state index contributed by atoms with van der Waals surface area (Å²) in [5.41, 5.74) is 2.97. The summed E-state index contributed by atoms with van der Waals surface area (Å²) in [6.45, 7) is 0. The van der Waals surface area contributed by atoms with Crippen LogP contribution in [0.25, 0.3) is 22.4 Å². The topological polar surface area (TPSA) is 109 Å². The number of rotatable bonds is 7. The van der Waals surface area contributed by atoms with Crippen LogP contribution >= 0.6 is 35.0 Å². The van der Waals surface area contributed by atoms with Crippen molar-refractivity contribution in [1.29, 1.82) is 5.26 Å². The van der Waals surface area contributed by atoms with Crippen LogP contribution in [0.3, 0.4) is 0 Å². The van der Waals surface area contributed by atoms with Crippen LogP contribution in [0.15, 0.2) is 83.9 Å². The molecule has 10 heteroatoms. The first-order valence-corrected chi connectivity index (χ1v) is 12.2. The number of anilines is 1. The van der Waals surface area contributed by atoms with Gasteiger partial charge in [0.2, 0.25) is 5.91 Å². The highest BCUT2D eigenvalue weighted by Gasteiger charge is 2.19. The summed E-state index contributed by atoms with van der Waals surface area (Å²) in [6.07, 6.45) is 0. The van der Waals surface area contributed by atoms with Gasteiger partial charge in [-0.3, -0.25) is 14.9 Å². The van der Waals surface area contributed by atoms with E-state index in [9.17, 15) is 20.2 Å². The molecule has 0 atom stereocenters. The molecule has 0 aliphatic rings. The highest BCUT2D eigenvalue weighted by atomic mass is 35.5. The molecule has 4 aromatic rings. The van der Waals surface area contributed by atoms with Gasteiger partial charge >= 0.3 is 0 Å². The number of pyridine rings is 1. The van der Waals surface area contributed by atoms with E-state index in [-0.39, 0.29) is 22.2 Å². The molecule has 1 heterocycles. The molecule has 4 rings (SSSR count). The number of thioether (sulfide) groups is 1. The van der Waals surface area contributed by atoms with Crippen LogP contribution in [0.2, 0.25) is 10.0 Å². The van der Waals surface area contributed by atoms with E-state index < -0.39 is 10.8 Å². The minimum atomic E-state index is -0.624. The van der Waals surface area contributed by atoms with Gasteiger partial charge in [-0.15, -0.1) is 0 Å². The van der Waals surface area contributed by atoms with Gasteiger partial charge in [0.1, 0.15) is 16.1 Å². The number of hydrogen-bond donors (Lipinski definition) is 1. The Bertz CT molecular complexity index is 1510. The molecule has 0 aliphatic heterocycles. The average molecular weight is 535 g/mol. The maximum absolute atomic E-state index is 12.6. The molecule has 0 saturated carbocycles. The quantitative estimate of drug-likeness (QED) is 0.152. The van der Waals surface area contributed by atoms with Gasteiger partial charge < -0.3 is 5.32 Å². The second-order valence-electron chi connectivity index (χ2n) is 7.45. The molecule has 36 heavy (non-hydrogen) atoms. The molecule has 0 bridgehead atoms. The van der Waals surface area contributed by atoms with Crippen LogP contribution in [0.1, 0.15) is 5.56 Å². The predicted octanol–water partition coefficient (Wildman–Crippen LogP) is 7.23. The zero-order valence-corrected chi connectivity index (χ0v) is 20.8. The molecule has 178 valence electrons. The van der Waals surface area contributed by atoms with E-state index in [4.69, 9.17) is 23.2 Å². The SMILES string of the molecule is N#Cc1c(-c2ccccc2Cl)cc(-c2ccccc2)nc1SCC(=O)Nc1ccc(Cl)c([N+](=O)[O-])c1. The van der Waals surface area contributed by atoms with Crippen LogP contribution in [0.4, 0.5) is 11.4 Å². The molecule has 7 nitrogen and oxygen atoms in total. The van der Waals surface area contributed by atoms with Crippen molar-refractivity contribution in [2.75, 3.05) is 11.1 Å². The second-order valence-corrected chi connectivity index (χ2v) is 9.23. The summed E-state index contributed by atoms with van der Waals surface area (Å²) >= 11 is 13.4. The summed E-state index contributed by atoms with van der Waals surface area (Å²) < 4.78 is 0. The van der Waals surface area contributed by atoms with E-state index in [1.165, 1.54) is 18.2 Å². The first-order chi connectivity index (χ1) is 17.4. The van der Waals surface area contributed by atoms with Crippen LogP contribution in [-0.2, 0) is 4.79 Å². The highest BCUT2D eigenvalue weighted by Crippen LogP contribution is 2.37. The number of carbonyl (C=O) groups excluding carboxylic acids is 1. The van der Waals surface area contributed by atoms with Crippen molar-refractivity contribution in [2.24, 2.45) is 0 Å². The van der Waals surface area contributed by atoms with Gasteiger partial charge in [-0.05, 0) is 24.3 Å². The molecule has 0 unspecified atom stereocenters. The largest absolute Gasteiger partial charge is 0.325 e. The van der Waals surface area contributed by atoms with Gasteiger partial charge in [-0.1, -0.05) is 83.5 Å². The van der Waals surface area contributed by atoms with E-state index in [0.29, 0.717) is 32.4 Å². The minimum absolute atomic E-state index is 0.0277. The normalized spacial score (nSPS) is 10.5. The first-order valence-electron chi connectivity index (χ1n) is 10.5. The Morgan fingerprint density at radius 3 is 2.42 bits per heavy atom. The van der Waals surface area contributed by atoms with Gasteiger partial charge in [0.25, 0.3) is 5.69 Å². The molecule has 1 aromatic heterocycles. The molecule has 0 aliphatic carbocycles. The van der Waals surface area contributed by atoms with Crippen molar-refractivity contribution in [1.82, 2.24) is 4.98 Å². The van der Waals surface area contributed by atoms with E-state index >= 15 is 0 Å². The fourth-order valence-electron chi connectivity index (χ4n) is 3.44. The number of amides is 1. The number of benzene rings is 3. The molecular weight excluding hydrogens is 519 g/mol. The molecule has 0 saturated heterocycles. The van der Waals surface area contributed by atoms with Crippen molar-refractivity contribution < 1.29 is 9.72 Å². The summed E-state index contributed by atoms with van der Waals surface area (Å²) in [6, 6.07) is 24.7. The predicted molar refractivity (Wildman–Crippen MR) is 142 cm³/mol. The van der Waals surface area contributed by atoms with Crippen molar-refractivity contribution in [3.63, 3.8) is 0 Å². The van der Waals surface area contributed by atoms with E-state index in [2.05, 4.69) is 16.4 Å². The van der Waals surface area contributed by atoms with Gasteiger partial charge in [0.15, 0.2) is 0 Å². The summed E-state index contributed by atoms with van der Waals surface area (Å²) in [4.78, 5) is 27.8. The van der Waals surface area contributed by atoms with Crippen LogP contribution in [0, 0.1) is 21.4 Å². The number of carbonyl (C=O) groups is 1. The number of hydrogen-bond acceptors (Lipinski definition) is 6. The third-order valence-electron chi connectivity index (χ3n) is 5.10. The maximum atomic E-state index is 12.6. The van der Waals surface area contributed by atoms with Gasteiger partial charge in [0.05, 0.1) is 21.9 Å². The Morgan fingerprint density at radius 2 is 1.72 bits per heavy atom.